The molecule has 0 radical (unpaired) electrons. The van der Waals surface area contributed by atoms with Gasteiger partial charge in [0, 0.05) is 18.9 Å². The molecule has 1 saturated carbocycles. The highest BCUT2D eigenvalue weighted by Crippen LogP contribution is 2.25. The van der Waals surface area contributed by atoms with Gasteiger partial charge in [-0.2, -0.15) is 0 Å². The first-order chi connectivity index (χ1) is 7.66. The molecule has 1 aromatic rings. The SMILES string of the molecule is Nc1cn(CC2CCCCC2)cc(Br)c1=O. The van der Waals surface area contributed by atoms with Crippen LogP contribution in [0.1, 0.15) is 32.1 Å². The van der Waals surface area contributed by atoms with E-state index >= 15 is 0 Å². The summed E-state index contributed by atoms with van der Waals surface area (Å²) in [5.41, 5.74) is 5.88. The highest BCUT2D eigenvalue weighted by molar-refractivity contribution is 9.10. The summed E-state index contributed by atoms with van der Waals surface area (Å²) in [7, 11) is 0. The van der Waals surface area contributed by atoms with Crippen molar-refractivity contribution in [1.29, 1.82) is 0 Å². The van der Waals surface area contributed by atoms with E-state index in [9.17, 15) is 4.79 Å². The average Bonchev–Trinajstić information content (AvgIpc) is 2.27. The molecule has 0 aliphatic heterocycles. The van der Waals surface area contributed by atoms with Crippen molar-refractivity contribution < 1.29 is 0 Å². The van der Waals surface area contributed by atoms with Gasteiger partial charge in [-0.15, -0.1) is 0 Å². The Bertz CT molecular complexity index is 395. The van der Waals surface area contributed by atoms with E-state index in [1.165, 1.54) is 32.1 Å². The average molecular weight is 285 g/mol. The summed E-state index contributed by atoms with van der Waals surface area (Å²) in [5, 5.41) is 0. The molecule has 1 aliphatic rings. The number of aromatic nitrogens is 1. The van der Waals surface area contributed by atoms with E-state index in [1.54, 1.807) is 6.20 Å². The van der Waals surface area contributed by atoms with Crippen LogP contribution in [0.25, 0.3) is 0 Å². The van der Waals surface area contributed by atoms with E-state index in [1.807, 2.05) is 10.8 Å². The van der Waals surface area contributed by atoms with Crippen LogP contribution in [0.15, 0.2) is 21.7 Å². The summed E-state index contributed by atoms with van der Waals surface area (Å²) in [6.07, 6.45) is 10.2. The number of nitrogen functional groups attached to an aromatic ring is 1. The zero-order valence-electron chi connectivity index (χ0n) is 9.29. The Labute approximate surface area is 104 Å². The normalized spacial score (nSPS) is 17.6. The predicted octanol–water partition coefficient (Wildman–Crippen LogP) is 2.77. The highest BCUT2D eigenvalue weighted by Gasteiger charge is 2.14. The Morgan fingerprint density at radius 2 is 2.00 bits per heavy atom. The molecule has 1 heterocycles. The van der Waals surface area contributed by atoms with Gasteiger partial charge in [-0.1, -0.05) is 19.3 Å². The van der Waals surface area contributed by atoms with Crippen LogP contribution in [-0.4, -0.2) is 4.57 Å². The molecule has 88 valence electrons. The molecule has 4 heteroatoms. The molecule has 0 atom stereocenters. The standard InChI is InChI=1S/C12H17BrN2O/c13-10-7-15(8-11(14)12(10)16)6-9-4-2-1-3-5-9/h7-9H,1-6,14H2. The molecule has 16 heavy (non-hydrogen) atoms. The molecule has 0 unspecified atom stereocenters. The third kappa shape index (κ3) is 2.67. The van der Waals surface area contributed by atoms with Crippen LogP contribution in [0.2, 0.25) is 0 Å². The maximum absolute atomic E-state index is 11.4. The van der Waals surface area contributed by atoms with Gasteiger partial charge < -0.3 is 10.3 Å². The Morgan fingerprint density at radius 1 is 1.31 bits per heavy atom. The summed E-state index contributed by atoms with van der Waals surface area (Å²) < 4.78 is 2.60. The zero-order chi connectivity index (χ0) is 11.5. The quantitative estimate of drug-likeness (QED) is 0.908. The number of halogens is 1. The molecule has 0 amide bonds. The van der Waals surface area contributed by atoms with E-state index in [4.69, 9.17) is 5.73 Å². The number of nitrogens with two attached hydrogens (primary N) is 1. The lowest BCUT2D eigenvalue weighted by Crippen LogP contribution is -2.18. The van der Waals surface area contributed by atoms with Crippen molar-refractivity contribution in [2.45, 2.75) is 38.6 Å². The number of hydrogen-bond acceptors (Lipinski definition) is 2. The van der Waals surface area contributed by atoms with Crippen LogP contribution in [0.4, 0.5) is 5.69 Å². The van der Waals surface area contributed by atoms with Crippen molar-refractivity contribution in [3.63, 3.8) is 0 Å². The summed E-state index contributed by atoms with van der Waals surface area (Å²) >= 11 is 3.25. The summed E-state index contributed by atoms with van der Waals surface area (Å²) in [4.78, 5) is 11.4. The second-order valence-corrected chi connectivity index (χ2v) is 5.45. The Morgan fingerprint density at radius 3 is 2.62 bits per heavy atom. The lowest BCUT2D eigenvalue weighted by Gasteiger charge is -2.22. The van der Waals surface area contributed by atoms with Crippen molar-refractivity contribution in [2.75, 3.05) is 5.73 Å². The second kappa shape index (κ2) is 5.04. The van der Waals surface area contributed by atoms with Gasteiger partial charge in [0.1, 0.15) is 0 Å². The van der Waals surface area contributed by atoms with Crippen molar-refractivity contribution in [3.05, 3.63) is 27.1 Å². The van der Waals surface area contributed by atoms with Gasteiger partial charge >= 0.3 is 0 Å². The lowest BCUT2D eigenvalue weighted by molar-refractivity contribution is 0.318. The molecule has 1 fully saturated rings. The first-order valence-electron chi connectivity index (χ1n) is 5.82. The molecule has 2 N–H and O–H groups in total. The minimum atomic E-state index is -0.111. The van der Waals surface area contributed by atoms with Crippen LogP contribution in [0.5, 0.6) is 0 Å². The van der Waals surface area contributed by atoms with E-state index in [2.05, 4.69) is 15.9 Å². The van der Waals surface area contributed by atoms with E-state index < -0.39 is 0 Å². The number of anilines is 1. The van der Waals surface area contributed by atoms with Crippen LogP contribution in [-0.2, 0) is 6.54 Å². The monoisotopic (exact) mass is 284 g/mol. The van der Waals surface area contributed by atoms with Gasteiger partial charge in [0.25, 0.3) is 0 Å². The maximum atomic E-state index is 11.4. The molecule has 0 aromatic carbocycles. The molecule has 0 bridgehead atoms. The molecule has 0 saturated heterocycles. The van der Waals surface area contributed by atoms with Crippen LogP contribution >= 0.6 is 15.9 Å². The van der Waals surface area contributed by atoms with E-state index in [0.717, 1.165) is 12.5 Å². The van der Waals surface area contributed by atoms with Crippen LogP contribution < -0.4 is 11.2 Å². The fraction of sp³-hybridized carbons (Fsp3) is 0.583. The second-order valence-electron chi connectivity index (χ2n) is 4.59. The Balaban J connectivity index is 2.12. The first-order valence-corrected chi connectivity index (χ1v) is 6.61. The zero-order valence-corrected chi connectivity index (χ0v) is 10.9. The van der Waals surface area contributed by atoms with Crippen molar-refractivity contribution >= 4 is 21.6 Å². The maximum Gasteiger partial charge on any atom is 0.218 e. The fourth-order valence-electron chi connectivity index (χ4n) is 2.39. The molecule has 1 aromatic heterocycles. The third-order valence-electron chi connectivity index (χ3n) is 3.26. The Kier molecular flexibility index (Phi) is 3.69. The number of nitrogens with zero attached hydrogens (tertiary/aromatic N) is 1. The molecule has 2 rings (SSSR count). The summed E-state index contributed by atoms with van der Waals surface area (Å²) in [6.45, 7) is 0.975. The first kappa shape index (κ1) is 11.7. The molecule has 0 spiro atoms. The van der Waals surface area contributed by atoms with Gasteiger partial charge in [-0.05, 0) is 34.7 Å². The molecule has 3 nitrogen and oxygen atoms in total. The van der Waals surface area contributed by atoms with Crippen LogP contribution in [0, 0.1) is 5.92 Å². The molecule has 1 aliphatic carbocycles. The minimum absolute atomic E-state index is 0.111. The van der Waals surface area contributed by atoms with E-state index in [0.29, 0.717) is 10.2 Å². The molecular weight excluding hydrogens is 268 g/mol. The highest BCUT2D eigenvalue weighted by atomic mass is 79.9. The van der Waals surface area contributed by atoms with Gasteiger partial charge in [-0.25, -0.2) is 0 Å². The van der Waals surface area contributed by atoms with Crippen molar-refractivity contribution in [2.24, 2.45) is 5.92 Å². The number of pyridine rings is 1. The smallest absolute Gasteiger partial charge is 0.218 e. The largest absolute Gasteiger partial charge is 0.394 e. The topological polar surface area (TPSA) is 48.0 Å². The minimum Gasteiger partial charge on any atom is -0.394 e. The summed E-state index contributed by atoms with van der Waals surface area (Å²) in [5.74, 6) is 0.738. The van der Waals surface area contributed by atoms with Gasteiger partial charge in [0.2, 0.25) is 5.43 Å². The third-order valence-corrected chi connectivity index (χ3v) is 3.82. The van der Waals surface area contributed by atoms with Gasteiger partial charge in [-0.3, -0.25) is 4.79 Å². The van der Waals surface area contributed by atoms with E-state index in [-0.39, 0.29) is 5.43 Å². The number of rotatable bonds is 2. The summed E-state index contributed by atoms with van der Waals surface area (Å²) in [6, 6.07) is 0. The lowest BCUT2D eigenvalue weighted by atomic mass is 9.89. The van der Waals surface area contributed by atoms with Crippen molar-refractivity contribution in [3.8, 4) is 0 Å². The van der Waals surface area contributed by atoms with Gasteiger partial charge in [0.05, 0.1) is 10.2 Å². The fourth-order valence-corrected chi connectivity index (χ4v) is 2.88. The predicted molar refractivity (Wildman–Crippen MR) is 69.4 cm³/mol. The molecular formula is C12H17BrN2O. The Hall–Kier alpha value is -0.770. The van der Waals surface area contributed by atoms with Gasteiger partial charge in [0.15, 0.2) is 0 Å². The van der Waals surface area contributed by atoms with Crippen molar-refractivity contribution in [1.82, 2.24) is 4.57 Å². The number of hydrogen-bond donors (Lipinski definition) is 1. The van der Waals surface area contributed by atoms with Crippen LogP contribution in [0.3, 0.4) is 0 Å².